The van der Waals surface area contributed by atoms with Crippen molar-refractivity contribution in [2.75, 3.05) is 19.7 Å². The van der Waals surface area contributed by atoms with Gasteiger partial charge in [0.2, 0.25) is 0 Å². The molecule has 0 radical (unpaired) electrons. The number of ketones is 1. The van der Waals surface area contributed by atoms with Gasteiger partial charge in [-0.05, 0) is 19.3 Å². The lowest BCUT2D eigenvalue weighted by Gasteiger charge is -2.22. The summed E-state index contributed by atoms with van der Waals surface area (Å²) in [5.74, 6) is 0.272. The van der Waals surface area contributed by atoms with Crippen molar-refractivity contribution in [3.63, 3.8) is 0 Å². The zero-order valence-corrected chi connectivity index (χ0v) is 11.5. The lowest BCUT2D eigenvalue weighted by atomic mass is 10.0. The molecule has 1 heterocycles. The molecular weight excluding hydrogens is 226 g/mol. The summed E-state index contributed by atoms with van der Waals surface area (Å²) < 4.78 is 5.44. The van der Waals surface area contributed by atoms with Gasteiger partial charge in [0.25, 0.3) is 0 Å². The van der Waals surface area contributed by atoms with Crippen LogP contribution in [0.4, 0.5) is 0 Å². The zero-order chi connectivity index (χ0) is 13.1. The zero-order valence-electron chi connectivity index (χ0n) is 11.5. The van der Waals surface area contributed by atoms with Crippen LogP contribution in [-0.2, 0) is 9.53 Å². The summed E-state index contributed by atoms with van der Waals surface area (Å²) in [7, 11) is 0. The van der Waals surface area contributed by atoms with E-state index in [0.717, 1.165) is 19.4 Å². The van der Waals surface area contributed by atoms with Gasteiger partial charge >= 0.3 is 0 Å². The molecule has 1 rings (SSSR count). The Bertz CT molecular complexity index is 235. The van der Waals surface area contributed by atoms with E-state index in [1.54, 1.807) is 0 Å². The molecule has 1 aliphatic heterocycles. The lowest BCUT2D eigenvalue weighted by Crippen LogP contribution is -2.43. The Balaban J connectivity index is 1.90. The molecule has 1 atom stereocenters. The molecule has 1 aliphatic rings. The van der Waals surface area contributed by atoms with Crippen LogP contribution < -0.4 is 5.32 Å². The van der Waals surface area contributed by atoms with Gasteiger partial charge in [-0.2, -0.15) is 0 Å². The molecule has 0 saturated carbocycles. The van der Waals surface area contributed by atoms with Gasteiger partial charge in [0.1, 0.15) is 6.10 Å². The highest BCUT2D eigenvalue weighted by molar-refractivity contribution is 5.83. The van der Waals surface area contributed by atoms with Gasteiger partial charge < -0.3 is 10.1 Å². The molecule has 0 bridgehead atoms. The first-order valence-corrected chi connectivity index (χ1v) is 7.30. The minimum atomic E-state index is -0.189. The highest BCUT2D eigenvalue weighted by Gasteiger charge is 2.20. The minimum absolute atomic E-state index is 0.189. The van der Waals surface area contributed by atoms with Crippen molar-refractivity contribution in [1.82, 2.24) is 5.32 Å². The number of carbonyl (C=O) groups excluding carboxylic acids is 1. The maximum Gasteiger partial charge on any atom is 0.162 e. The monoisotopic (exact) mass is 253 g/mol. The molecule has 3 heteroatoms. The number of nitrogens with one attached hydrogen (secondary N) is 1. The number of unbranched alkanes of at least 4 members (excludes halogenated alkanes) is 6. The van der Waals surface area contributed by atoms with Crippen LogP contribution in [0.25, 0.3) is 0 Å². The van der Waals surface area contributed by atoms with Gasteiger partial charge in [0, 0.05) is 19.5 Å². The molecule has 0 spiro atoms. The highest BCUT2D eigenvalue weighted by Crippen LogP contribution is 2.10. The Morgan fingerprint density at radius 2 is 1.94 bits per heavy atom. The van der Waals surface area contributed by atoms with Crippen molar-refractivity contribution in [3.8, 4) is 0 Å². The highest BCUT2D eigenvalue weighted by atomic mass is 16.5. The fraction of sp³-hybridized carbons (Fsp3) is 0.800. The van der Waals surface area contributed by atoms with E-state index in [9.17, 15) is 4.79 Å². The van der Waals surface area contributed by atoms with E-state index in [2.05, 4.69) is 11.9 Å². The van der Waals surface area contributed by atoms with Crippen LogP contribution in [0, 0.1) is 0 Å². The average Bonchev–Trinajstić information content (AvgIpc) is 2.42. The summed E-state index contributed by atoms with van der Waals surface area (Å²) in [6.07, 6.45) is 10.9. The molecule has 0 aromatic rings. The molecule has 0 aromatic carbocycles. The van der Waals surface area contributed by atoms with E-state index in [4.69, 9.17) is 4.74 Å². The van der Waals surface area contributed by atoms with E-state index in [0.29, 0.717) is 19.6 Å². The topological polar surface area (TPSA) is 38.3 Å². The predicted molar refractivity (Wildman–Crippen MR) is 74.7 cm³/mol. The second-order valence-corrected chi connectivity index (χ2v) is 4.98. The van der Waals surface area contributed by atoms with Crippen molar-refractivity contribution in [2.45, 2.75) is 57.5 Å². The van der Waals surface area contributed by atoms with Crippen molar-refractivity contribution in [3.05, 3.63) is 12.7 Å². The number of hydrogen-bond donors (Lipinski definition) is 1. The summed E-state index contributed by atoms with van der Waals surface area (Å²) in [4.78, 5) is 11.8. The Kier molecular flexibility index (Phi) is 8.78. The first-order valence-electron chi connectivity index (χ1n) is 7.30. The number of ether oxygens (including phenoxy) is 1. The van der Waals surface area contributed by atoms with Crippen molar-refractivity contribution in [1.29, 1.82) is 0 Å². The third-order valence-corrected chi connectivity index (χ3v) is 3.37. The third kappa shape index (κ3) is 6.92. The van der Waals surface area contributed by atoms with Crippen LogP contribution in [0.3, 0.4) is 0 Å². The summed E-state index contributed by atoms with van der Waals surface area (Å²) in [5.41, 5.74) is 0. The quantitative estimate of drug-likeness (QED) is 0.480. The van der Waals surface area contributed by atoms with Crippen LogP contribution in [0.1, 0.15) is 51.4 Å². The largest absolute Gasteiger partial charge is 0.368 e. The number of carbonyl (C=O) groups is 1. The molecule has 1 fully saturated rings. The molecule has 1 N–H and O–H groups in total. The van der Waals surface area contributed by atoms with E-state index < -0.39 is 0 Å². The normalized spacial score (nSPS) is 19.7. The maximum absolute atomic E-state index is 11.8. The Morgan fingerprint density at radius 1 is 1.22 bits per heavy atom. The lowest BCUT2D eigenvalue weighted by molar-refractivity contribution is -0.132. The Labute approximate surface area is 111 Å². The third-order valence-electron chi connectivity index (χ3n) is 3.37. The van der Waals surface area contributed by atoms with Crippen molar-refractivity contribution < 1.29 is 9.53 Å². The molecule has 0 aliphatic carbocycles. The Morgan fingerprint density at radius 3 is 2.61 bits per heavy atom. The minimum Gasteiger partial charge on any atom is -0.368 e. The van der Waals surface area contributed by atoms with Gasteiger partial charge in [0.05, 0.1) is 6.61 Å². The van der Waals surface area contributed by atoms with Crippen LogP contribution in [0.2, 0.25) is 0 Å². The van der Waals surface area contributed by atoms with Gasteiger partial charge in [-0.3, -0.25) is 4.79 Å². The van der Waals surface area contributed by atoms with Crippen molar-refractivity contribution >= 4 is 5.78 Å². The van der Waals surface area contributed by atoms with Gasteiger partial charge in [-0.1, -0.05) is 31.8 Å². The summed E-state index contributed by atoms with van der Waals surface area (Å²) in [6.45, 7) is 5.95. The first-order chi connectivity index (χ1) is 8.84. The number of Topliss-reactive ketones (excluding diaryl/α,β-unsaturated/α-hetero) is 1. The van der Waals surface area contributed by atoms with E-state index in [1.165, 1.54) is 32.1 Å². The van der Waals surface area contributed by atoms with Crippen molar-refractivity contribution in [2.24, 2.45) is 0 Å². The average molecular weight is 253 g/mol. The summed E-state index contributed by atoms with van der Waals surface area (Å²) in [6, 6.07) is 0. The number of rotatable bonds is 10. The first kappa shape index (κ1) is 15.4. The number of hydrogen-bond acceptors (Lipinski definition) is 3. The predicted octanol–water partition coefficient (Wildman–Crippen LogP) is 2.85. The van der Waals surface area contributed by atoms with Crippen LogP contribution in [0.5, 0.6) is 0 Å². The second-order valence-electron chi connectivity index (χ2n) is 4.98. The van der Waals surface area contributed by atoms with Crippen LogP contribution >= 0.6 is 0 Å². The van der Waals surface area contributed by atoms with E-state index >= 15 is 0 Å². The van der Waals surface area contributed by atoms with E-state index in [-0.39, 0.29) is 11.9 Å². The molecule has 18 heavy (non-hydrogen) atoms. The van der Waals surface area contributed by atoms with E-state index in [1.807, 2.05) is 6.08 Å². The molecule has 1 saturated heterocycles. The number of morpholine rings is 1. The smallest absolute Gasteiger partial charge is 0.162 e. The van der Waals surface area contributed by atoms with Crippen LogP contribution in [-0.4, -0.2) is 31.6 Å². The van der Waals surface area contributed by atoms with Gasteiger partial charge in [-0.15, -0.1) is 6.58 Å². The number of allylic oxidation sites excluding steroid dienone is 1. The van der Waals surface area contributed by atoms with Gasteiger partial charge in [0.15, 0.2) is 5.78 Å². The summed E-state index contributed by atoms with van der Waals surface area (Å²) >= 11 is 0. The SMILES string of the molecule is C=CCCCCCCCCC(=O)C1CNCCO1. The fourth-order valence-electron chi connectivity index (χ4n) is 2.23. The molecule has 104 valence electrons. The van der Waals surface area contributed by atoms with Crippen LogP contribution in [0.15, 0.2) is 12.7 Å². The molecule has 1 unspecified atom stereocenters. The second kappa shape index (κ2) is 10.3. The van der Waals surface area contributed by atoms with Gasteiger partial charge in [-0.25, -0.2) is 0 Å². The Hall–Kier alpha value is -0.670. The molecule has 3 nitrogen and oxygen atoms in total. The summed E-state index contributed by atoms with van der Waals surface area (Å²) in [5, 5.41) is 3.19. The molecular formula is C15H27NO2. The standard InChI is InChI=1S/C15H27NO2/c1-2-3-4-5-6-7-8-9-10-14(17)15-13-16-11-12-18-15/h2,15-16H,1,3-13H2. The fourth-order valence-corrected chi connectivity index (χ4v) is 2.23. The molecule has 0 aromatic heterocycles. The molecule has 0 amide bonds. The maximum atomic E-state index is 11.8.